The molecule has 0 fully saturated rings. The quantitative estimate of drug-likeness (QED) is 0.701. The fourth-order valence-corrected chi connectivity index (χ4v) is 2.56. The van der Waals surface area contributed by atoms with Gasteiger partial charge in [0.1, 0.15) is 11.9 Å². The summed E-state index contributed by atoms with van der Waals surface area (Å²) in [4.78, 5) is 0. The van der Waals surface area contributed by atoms with E-state index in [1.807, 2.05) is 13.0 Å². The lowest BCUT2D eigenvalue weighted by atomic mass is 10.0. The zero-order chi connectivity index (χ0) is 16.0. The molecule has 1 N–H and O–H groups in total. The van der Waals surface area contributed by atoms with Crippen molar-refractivity contribution in [3.05, 3.63) is 28.3 Å². The number of benzene rings is 1. The van der Waals surface area contributed by atoms with E-state index in [-0.39, 0.29) is 6.10 Å². The fraction of sp³-hybridized carbons (Fsp3) is 0.667. The molecular formula is C18H30ClNO. The van der Waals surface area contributed by atoms with Crippen molar-refractivity contribution in [1.82, 2.24) is 5.32 Å². The van der Waals surface area contributed by atoms with Crippen molar-refractivity contribution in [3.8, 4) is 5.75 Å². The second-order valence-corrected chi connectivity index (χ2v) is 6.55. The monoisotopic (exact) mass is 311 g/mol. The van der Waals surface area contributed by atoms with Gasteiger partial charge < -0.3 is 10.1 Å². The fourth-order valence-electron chi connectivity index (χ4n) is 2.39. The van der Waals surface area contributed by atoms with Crippen LogP contribution in [-0.4, -0.2) is 18.7 Å². The van der Waals surface area contributed by atoms with Gasteiger partial charge in [0.2, 0.25) is 0 Å². The average Bonchev–Trinajstić information content (AvgIpc) is 2.43. The van der Waals surface area contributed by atoms with Gasteiger partial charge in [-0.3, -0.25) is 0 Å². The summed E-state index contributed by atoms with van der Waals surface area (Å²) in [6.45, 7) is 13.8. The first kappa shape index (κ1) is 18.3. The molecule has 3 heteroatoms. The van der Waals surface area contributed by atoms with Crippen molar-refractivity contribution in [2.24, 2.45) is 0 Å². The van der Waals surface area contributed by atoms with Gasteiger partial charge in [0.15, 0.2) is 0 Å². The van der Waals surface area contributed by atoms with Gasteiger partial charge in [-0.1, -0.05) is 39.3 Å². The van der Waals surface area contributed by atoms with Crippen LogP contribution in [0, 0.1) is 6.92 Å². The Labute approximate surface area is 135 Å². The van der Waals surface area contributed by atoms with Crippen molar-refractivity contribution < 1.29 is 4.74 Å². The Morgan fingerprint density at radius 2 is 1.76 bits per heavy atom. The maximum atomic E-state index is 6.24. The highest BCUT2D eigenvalue weighted by Gasteiger charge is 2.14. The van der Waals surface area contributed by atoms with Gasteiger partial charge in [0, 0.05) is 17.6 Å². The second-order valence-electron chi connectivity index (χ2n) is 6.14. The van der Waals surface area contributed by atoms with Gasteiger partial charge in [-0.2, -0.15) is 0 Å². The van der Waals surface area contributed by atoms with Crippen molar-refractivity contribution in [2.45, 2.75) is 72.4 Å². The minimum Gasteiger partial charge on any atom is -0.489 e. The molecule has 1 rings (SSSR count). The van der Waals surface area contributed by atoms with Gasteiger partial charge in [-0.05, 0) is 55.9 Å². The molecule has 120 valence electrons. The minimum absolute atomic E-state index is 0.142. The Balaban J connectivity index is 2.75. The Morgan fingerprint density at radius 3 is 2.29 bits per heavy atom. The Bertz CT molecular complexity index is 441. The first-order valence-electron chi connectivity index (χ1n) is 8.09. The molecule has 0 aliphatic carbocycles. The molecule has 0 aliphatic rings. The molecule has 2 nitrogen and oxygen atoms in total. The lowest BCUT2D eigenvalue weighted by molar-refractivity contribution is 0.207. The molecule has 1 unspecified atom stereocenters. The topological polar surface area (TPSA) is 21.3 Å². The number of rotatable bonds is 8. The van der Waals surface area contributed by atoms with Gasteiger partial charge in [-0.15, -0.1) is 0 Å². The van der Waals surface area contributed by atoms with Crippen LogP contribution in [0.2, 0.25) is 5.02 Å². The lowest BCUT2D eigenvalue weighted by Crippen LogP contribution is -2.36. The van der Waals surface area contributed by atoms with Crippen molar-refractivity contribution in [1.29, 1.82) is 0 Å². The summed E-state index contributed by atoms with van der Waals surface area (Å²) < 4.78 is 6.16. The van der Waals surface area contributed by atoms with E-state index >= 15 is 0 Å². The summed E-state index contributed by atoms with van der Waals surface area (Å²) in [5.41, 5.74) is 2.25. The van der Waals surface area contributed by atoms with Gasteiger partial charge >= 0.3 is 0 Å². The van der Waals surface area contributed by atoms with E-state index in [2.05, 4.69) is 46.0 Å². The predicted molar refractivity (Wildman–Crippen MR) is 92.7 cm³/mol. The molecular weight excluding hydrogens is 282 g/mol. The number of aryl methyl sites for hydroxylation is 1. The Kier molecular flexibility index (Phi) is 7.55. The van der Waals surface area contributed by atoms with Crippen LogP contribution in [0.15, 0.2) is 12.1 Å². The number of halogens is 1. The van der Waals surface area contributed by atoms with Crippen LogP contribution < -0.4 is 10.1 Å². The molecule has 0 heterocycles. The van der Waals surface area contributed by atoms with Crippen LogP contribution in [0.3, 0.4) is 0 Å². The van der Waals surface area contributed by atoms with Gasteiger partial charge in [-0.25, -0.2) is 0 Å². The van der Waals surface area contributed by atoms with E-state index in [0.29, 0.717) is 12.0 Å². The summed E-state index contributed by atoms with van der Waals surface area (Å²) in [5.74, 6) is 1.36. The Morgan fingerprint density at radius 1 is 1.14 bits per heavy atom. The first-order valence-corrected chi connectivity index (χ1v) is 8.46. The molecule has 21 heavy (non-hydrogen) atoms. The largest absolute Gasteiger partial charge is 0.489 e. The molecule has 0 saturated heterocycles. The van der Waals surface area contributed by atoms with E-state index in [4.69, 9.17) is 16.3 Å². The van der Waals surface area contributed by atoms with Gasteiger partial charge in [0.05, 0.1) is 0 Å². The lowest BCUT2D eigenvalue weighted by Gasteiger charge is -2.22. The molecule has 0 bridgehead atoms. The van der Waals surface area contributed by atoms with Crippen LogP contribution >= 0.6 is 11.6 Å². The normalized spacial score (nSPS) is 13.0. The molecule has 0 saturated carbocycles. The third-order valence-electron chi connectivity index (χ3n) is 3.92. The third-order valence-corrected chi connectivity index (χ3v) is 4.33. The van der Waals surface area contributed by atoms with Crippen LogP contribution in [-0.2, 0) is 0 Å². The molecule has 0 amide bonds. The molecule has 0 aliphatic heterocycles. The maximum absolute atomic E-state index is 6.24. The molecule has 0 radical (unpaired) electrons. The number of ether oxygens (including phenoxy) is 1. The number of hydrogen-bond donors (Lipinski definition) is 1. The smallest absolute Gasteiger partial charge is 0.123 e. The predicted octanol–water partition coefficient (Wildman–Crippen LogP) is 5.32. The van der Waals surface area contributed by atoms with Crippen molar-refractivity contribution in [2.75, 3.05) is 6.54 Å². The molecule has 1 aromatic carbocycles. The summed E-state index contributed by atoms with van der Waals surface area (Å²) in [6, 6.07) is 4.68. The van der Waals surface area contributed by atoms with E-state index < -0.39 is 0 Å². The third kappa shape index (κ3) is 5.52. The zero-order valence-electron chi connectivity index (χ0n) is 14.3. The average molecular weight is 312 g/mol. The number of hydrogen-bond acceptors (Lipinski definition) is 2. The van der Waals surface area contributed by atoms with Crippen LogP contribution in [0.5, 0.6) is 5.75 Å². The second kappa shape index (κ2) is 8.65. The molecule has 0 aromatic heterocycles. The highest BCUT2D eigenvalue weighted by molar-refractivity contribution is 6.31. The Hall–Kier alpha value is -0.730. The van der Waals surface area contributed by atoms with E-state index in [1.54, 1.807) is 0 Å². The highest BCUT2D eigenvalue weighted by atomic mass is 35.5. The van der Waals surface area contributed by atoms with E-state index in [1.165, 1.54) is 5.56 Å². The molecule has 1 atom stereocenters. The van der Waals surface area contributed by atoms with E-state index in [9.17, 15) is 0 Å². The molecule has 0 spiro atoms. The summed E-state index contributed by atoms with van der Waals surface area (Å²) >= 11 is 6.24. The molecule has 1 aromatic rings. The summed E-state index contributed by atoms with van der Waals surface area (Å²) in [6.07, 6.45) is 2.45. The summed E-state index contributed by atoms with van der Waals surface area (Å²) in [7, 11) is 0. The zero-order valence-corrected chi connectivity index (χ0v) is 15.1. The van der Waals surface area contributed by atoms with Crippen LogP contribution in [0.1, 0.15) is 64.5 Å². The standard InChI is InChI=1S/C18H30ClNO/c1-7-15(8-2)20-11-14(6)21-18-9-13(5)17(19)10-16(18)12(3)4/h9-10,12,14-15,20H,7-8,11H2,1-6H3. The SMILES string of the molecule is CCC(CC)NCC(C)Oc1cc(C)c(Cl)cc1C(C)C. The first-order chi connectivity index (χ1) is 9.88. The van der Waals surface area contributed by atoms with Crippen LogP contribution in [0.4, 0.5) is 0 Å². The maximum Gasteiger partial charge on any atom is 0.123 e. The number of nitrogens with one attached hydrogen (secondary N) is 1. The van der Waals surface area contributed by atoms with Crippen LogP contribution in [0.25, 0.3) is 0 Å². The van der Waals surface area contributed by atoms with Crippen molar-refractivity contribution >= 4 is 11.6 Å². The van der Waals surface area contributed by atoms with E-state index in [0.717, 1.165) is 35.7 Å². The van der Waals surface area contributed by atoms with Gasteiger partial charge in [0.25, 0.3) is 0 Å². The minimum atomic E-state index is 0.142. The van der Waals surface area contributed by atoms with Crippen molar-refractivity contribution in [3.63, 3.8) is 0 Å². The summed E-state index contributed by atoms with van der Waals surface area (Å²) in [5, 5.41) is 4.38. The highest BCUT2D eigenvalue weighted by Crippen LogP contribution is 2.32.